The lowest BCUT2D eigenvalue weighted by Gasteiger charge is -2.04. The zero-order chi connectivity index (χ0) is 13.6. The molecule has 0 bridgehead atoms. The van der Waals surface area contributed by atoms with Crippen LogP contribution in [0.25, 0.3) is 0 Å². The average molecular weight is 274 g/mol. The Hall–Kier alpha value is -1.27. The summed E-state index contributed by atoms with van der Waals surface area (Å²) in [6, 6.07) is 5.01. The van der Waals surface area contributed by atoms with Crippen LogP contribution in [0.2, 0.25) is 0 Å². The second-order valence-electron chi connectivity index (χ2n) is 3.87. The molecule has 0 radical (unpaired) electrons. The lowest BCUT2D eigenvalue weighted by atomic mass is 10.1. The third-order valence-electron chi connectivity index (χ3n) is 2.30. The van der Waals surface area contributed by atoms with Gasteiger partial charge >= 0.3 is 0 Å². The molecule has 1 aromatic carbocycles. The van der Waals surface area contributed by atoms with Crippen molar-refractivity contribution in [1.29, 1.82) is 0 Å². The smallest absolute Gasteiger partial charge is 0.177 e. The van der Waals surface area contributed by atoms with Gasteiger partial charge in [0.15, 0.2) is 15.6 Å². The van der Waals surface area contributed by atoms with Gasteiger partial charge in [-0.3, -0.25) is 4.79 Å². The zero-order valence-electron chi connectivity index (χ0n) is 10.1. The number of halogens is 1. The Labute approximate surface area is 106 Å². The molecule has 1 rings (SSSR count). The van der Waals surface area contributed by atoms with Crippen LogP contribution in [0.5, 0.6) is 0 Å². The minimum Gasteiger partial charge on any atom is -0.385 e. The number of carbonyl (C=O) groups excluding carboxylic acids is 1. The molecule has 0 fully saturated rings. The Kier molecular flexibility index (Phi) is 5.43. The summed E-state index contributed by atoms with van der Waals surface area (Å²) in [6.45, 7) is 0.327. The second kappa shape index (κ2) is 6.61. The molecule has 100 valence electrons. The zero-order valence-corrected chi connectivity index (χ0v) is 10.9. The molecular formula is C12H15FO4S. The first-order valence-corrected chi connectivity index (χ1v) is 7.25. The van der Waals surface area contributed by atoms with Gasteiger partial charge < -0.3 is 4.74 Å². The Balaban J connectivity index is 2.64. The molecule has 0 unspecified atom stereocenters. The Morgan fingerprint density at radius 1 is 1.39 bits per heavy atom. The number of ether oxygens (including phenoxy) is 1. The van der Waals surface area contributed by atoms with Gasteiger partial charge in [0.05, 0.1) is 5.75 Å². The fourth-order valence-electron chi connectivity index (χ4n) is 1.44. The molecule has 18 heavy (non-hydrogen) atoms. The van der Waals surface area contributed by atoms with Gasteiger partial charge in [0, 0.05) is 19.3 Å². The van der Waals surface area contributed by atoms with E-state index in [0.29, 0.717) is 13.0 Å². The molecule has 0 aromatic heterocycles. The number of benzene rings is 1. The maximum atomic E-state index is 12.9. The number of carbonyl (C=O) groups is 1. The fourth-order valence-corrected chi connectivity index (χ4v) is 2.71. The highest BCUT2D eigenvalue weighted by molar-refractivity contribution is 7.92. The van der Waals surface area contributed by atoms with Crippen LogP contribution in [0.15, 0.2) is 24.3 Å². The van der Waals surface area contributed by atoms with E-state index >= 15 is 0 Å². The van der Waals surface area contributed by atoms with E-state index in [1.807, 2.05) is 0 Å². The standard InChI is InChI=1S/C12H15FO4S/c1-17-6-3-7-18(15,16)9-12(14)10-4-2-5-11(13)8-10/h2,4-5,8H,3,6-7,9H2,1H3. The fraction of sp³-hybridized carbons (Fsp3) is 0.417. The lowest BCUT2D eigenvalue weighted by Crippen LogP contribution is -2.20. The van der Waals surface area contributed by atoms with Gasteiger partial charge in [-0.15, -0.1) is 0 Å². The van der Waals surface area contributed by atoms with Crippen LogP contribution in [-0.2, 0) is 14.6 Å². The molecule has 0 amide bonds. The molecular weight excluding hydrogens is 259 g/mol. The quantitative estimate of drug-likeness (QED) is 0.558. The normalized spacial score (nSPS) is 11.4. The molecule has 0 aliphatic heterocycles. The molecule has 1 aromatic rings. The Morgan fingerprint density at radius 2 is 2.11 bits per heavy atom. The van der Waals surface area contributed by atoms with Gasteiger partial charge in [0.25, 0.3) is 0 Å². The molecule has 6 heteroatoms. The Morgan fingerprint density at radius 3 is 2.72 bits per heavy atom. The van der Waals surface area contributed by atoms with Crippen LogP contribution in [0.3, 0.4) is 0 Å². The summed E-state index contributed by atoms with van der Waals surface area (Å²) < 4.78 is 40.8. The predicted octanol–water partition coefficient (Wildman–Crippen LogP) is 1.46. The Bertz CT molecular complexity index is 511. The van der Waals surface area contributed by atoms with Crippen LogP contribution in [0, 0.1) is 5.82 Å². The number of hydrogen-bond donors (Lipinski definition) is 0. The number of rotatable bonds is 7. The van der Waals surface area contributed by atoms with Gasteiger partial charge in [-0.05, 0) is 18.6 Å². The summed E-state index contributed by atoms with van der Waals surface area (Å²) in [5.74, 6) is -1.85. The minimum absolute atomic E-state index is 0.0744. The van der Waals surface area contributed by atoms with Crippen LogP contribution in [-0.4, -0.2) is 39.4 Å². The van der Waals surface area contributed by atoms with Crippen LogP contribution < -0.4 is 0 Å². The van der Waals surface area contributed by atoms with E-state index in [2.05, 4.69) is 0 Å². The van der Waals surface area contributed by atoms with Crippen molar-refractivity contribution in [2.24, 2.45) is 0 Å². The highest BCUT2D eigenvalue weighted by Crippen LogP contribution is 2.07. The summed E-state index contributed by atoms with van der Waals surface area (Å²) in [6.07, 6.45) is 0.343. The summed E-state index contributed by atoms with van der Waals surface area (Å²) >= 11 is 0. The number of methoxy groups -OCH3 is 1. The van der Waals surface area contributed by atoms with Crippen molar-refractivity contribution in [1.82, 2.24) is 0 Å². The van der Waals surface area contributed by atoms with Crippen LogP contribution >= 0.6 is 0 Å². The molecule has 0 aliphatic rings. The maximum absolute atomic E-state index is 12.9. The van der Waals surface area contributed by atoms with E-state index in [9.17, 15) is 17.6 Å². The van der Waals surface area contributed by atoms with Gasteiger partial charge in [0.1, 0.15) is 11.6 Å². The van der Waals surface area contributed by atoms with Crippen molar-refractivity contribution in [3.05, 3.63) is 35.6 Å². The van der Waals surface area contributed by atoms with Crippen molar-refractivity contribution in [3.63, 3.8) is 0 Å². The first kappa shape index (κ1) is 14.8. The van der Waals surface area contributed by atoms with E-state index in [1.165, 1.54) is 25.3 Å². The molecule has 0 atom stereocenters. The van der Waals surface area contributed by atoms with Gasteiger partial charge in [-0.1, -0.05) is 12.1 Å². The summed E-state index contributed by atoms with van der Waals surface area (Å²) in [5, 5.41) is 0. The SMILES string of the molecule is COCCCS(=O)(=O)CC(=O)c1cccc(F)c1. The third-order valence-corrected chi connectivity index (χ3v) is 3.91. The van der Waals surface area contributed by atoms with Gasteiger partial charge in [-0.2, -0.15) is 0 Å². The molecule has 0 saturated carbocycles. The van der Waals surface area contributed by atoms with Crippen molar-refractivity contribution < 1.29 is 22.3 Å². The van der Waals surface area contributed by atoms with Crippen molar-refractivity contribution in [2.45, 2.75) is 6.42 Å². The first-order chi connectivity index (χ1) is 8.44. The topological polar surface area (TPSA) is 60.4 Å². The molecule has 0 aliphatic carbocycles. The van der Waals surface area contributed by atoms with Gasteiger partial charge in [-0.25, -0.2) is 12.8 Å². The summed E-state index contributed by atoms with van der Waals surface area (Å²) in [4.78, 5) is 11.7. The maximum Gasteiger partial charge on any atom is 0.177 e. The van der Waals surface area contributed by atoms with Crippen molar-refractivity contribution >= 4 is 15.6 Å². The number of hydrogen-bond acceptors (Lipinski definition) is 4. The van der Waals surface area contributed by atoms with Gasteiger partial charge in [0.2, 0.25) is 0 Å². The summed E-state index contributed by atoms with van der Waals surface area (Å²) in [7, 11) is -1.99. The predicted molar refractivity (Wildman–Crippen MR) is 65.9 cm³/mol. The van der Waals surface area contributed by atoms with E-state index < -0.39 is 27.2 Å². The van der Waals surface area contributed by atoms with Crippen molar-refractivity contribution in [3.8, 4) is 0 Å². The second-order valence-corrected chi connectivity index (χ2v) is 6.06. The van der Waals surface area contributed by atoms with E-state index in [1.54, 1.807) is 0 Å². The van der Waals surface area contributed by atoms with E-state index in [4.69, 9.17) is 4.74 Å². The average Bonchev–Trinajstić information content (AvgIpc) is 2.28. The largest absolute Gasteiger partial charge is 0.385 e. The highest BCUT2D eigenvalue weighted by atomic mass is 32.2. The molecule has 0 spiro atoms. The van der Waals surface area contributed by atoms with Crippen LogP contribution in [0.1, 0.15) is 16.8 Å². The number of Topliss-reactive ketones (excluding diaryl/α,β-unsaturated/α-hetero) is 1. The lowest BCUT2D eigenvalue weighted by molar-refractivity contribution is 0.102. The molecule has 0 heterocycles. The minimum atomic E-state index is -3.47. The van der Waals surface area contributed by atoms with Crippen molar-refractivity contribution in [2.75, 3.05) is 25.2 Å². The molecule has 4 nitrogen and oxygen atoms in total. The number of sulfone groups is 1. The summed E-state index contributed by atoms with van der Waals surface area (Å²) in [5.41, 5.74) is 0.0744. The van der Waals surface area contributed by atoms with E-state index in [0.717, 1.165) is 6.07 Å². The van der Waals surface area contributed by atoms with Crippen LogP contribution in [0.4, 0.5) is 4.39 Å². The number of ketones is 1. The third kappa shape index (κ3) is 4.93. The monoisotopic (exact) mass is 274 g/mol. The molecule has 0 N–H and O–H groups in total. The van der Waals surface area contributed by atoms with E-state index in [-0.39, 0.29) is 11.3 Å². The highest BCUT2D eigenvalue weighted by Gasteiger charge is 2.17. The molecule has 0 saturated heterocycles. The first-order valence-electron chi connectivity index (χ1n) is 5.43.